The van der Waals surface area contributed by atoms with Crippen molar-refractivity contribution < 1.29 is 24.9 Å². The fraction of sp³-hybridized carbons (Fsp3) is 0.273. The number of hydrogen-bond acceptors (Lipinski definition) is 4. The van der Waals surface area contributed by atoms with Gasteiger partial charge in [-0.1, -0.05) is 12.1 Å². The van der Waals surface area contributed by atoms with Crippen molar-refractivity contribution >= 4 is 11.9 Å². The van der Waals surface area contributed by atoms with Crippen LogP contribution in [0.15, 0.2) is 24.3 Å². The largest absolute Gasteiger partial charge is 0.507 e. The molecule has 0 bridgehead atoms. The molecule has 1 amide bonds. The summed E-state index contributed by atoms with van der Waals surface area (Å²) in [5.41, 5.74) is -0.0422. The van der Waals surface area contributed by atoms with Crippen LogP contribution in [0.4, 0.5) is 0 Å². The molecule has 0 radical (unpaired) electrons. The van der Waals surface area contributed by atoms with Crippen molar-refractivity contribution in [3.05, 3.63) is 29.8 Å². The molecular weight excluding hydrogens is 226 g/mol. The number of aliphatic hydroxyl groups excluding tert-OH is 1. The molecule has 0 unspecified atom stereocenters. The maximum atomic E-state index is 11.6. The second-order valence-electron chi connectivity index (χ2n) is 3.55. The van der Waals surface area contributed by atoms with Crippen molar-refractivity contribution in [1.82, 2.24) is 5.32 Å². The van der Waals surface area contributed by atoms with E-state index in [-0.39, 0.29) is 11.3 Å². The SMILES string of the molecule is C[C@@H](O)[C@H](NC(=O)c1ccccc1O)C(=O)O. The van der Waals surface area contributed by atoms with Gasteiger partial charge >= 0.3 is 5.97 Å². The Morgan fingerprint density at radius 3 is 2.35 bits per heavy atom. The summed E-state index contributed by atoms with van der Waals surface area (Å²) < 4.78 is 0. The summed E-state index contributed by atoms with van der Waals surface area (Å²) in [7, 11) is 0. The van der Waals surface area contributed by atoms with Crippen LogP contribution in [-0.4, -0.2) is 39.3 Å². The molecule has 92 valence electrons. The van der Waals surface area contributed by atoms with E-state index in [4.69, 9.17) is 5.11 Å². The molecule has 1 rings (SSSR count). The van der Waals surface area contributed by atoms with Crippen molar-refractivity contribution in [2.75, 3.05) is 0 Å². The quantitative estimate of drug-likeness (QED) is 0.589. The van der Waals surface area contributed by atoms with Gasteiger partial charge in [0, 0.05) is 0 Å². The van der Waals surface area contributed by atoms with Crippen LogP contribution in [0.2, 0.25) is 0 Å². The number of phenolic OH excluding ortho intramolecular Hbond substituents is 1. The van der Waals surface area contributed by atoms with Gasteiger partial charge in [-0.05, 0) is 19.1 Å². The monoisotopic (exact) mass is 239 g/mol. The number of benzene rings is 1. The lowest BCUT2D eigenvalue weighted by Gasteiger charge is -2.17. The number of carboxylic acids is 1. The number of hydrogen-bond donors (Lipinski definition) is 4. The van der Waals surface area contributed by atoms with Gasteiger partial charge in [-0.25, -0.2) is 4.79 Å². The van der Waals surface area contributed by atoms with Gasteiger partial charge in [-0.15, -0.1) is 0 Å². The number of aromatic hydroxyl groups is 1. The summed E-state index contributed by atoms with van der Waals surface area (Å²) in [5, 5.41) is 29.5. The van der Waals surface area contributed by atoms with E-state index in [1.54, 1.807) is 0 Å². The zero-order valence-corrected chi connectivity index (χ0v) is 9.12. The first-order valence-corrected chi connectivity index (χ1v) is 4.93. The molecule has 2 atom stereocenters. The predicted octanol–water partition coefficient (Wildman–Crippen LogP) is -0.0440. The van der Waals surface area contributed by atoms with Crippen molar-refractivity contribution in [2.45, 2.75) is 19.1 Å². The first kappa shape index (κ1) is 13.0. The summed E-state index contributed by atoms with van der Waals surface area (Å²) >= 11 is 0. The number of amides is 1. The Hall–Kier alpha value is -2.08. The van der Waals surface area contributed by atoms with E-state index in [0.29, 0.717) is 0 Å². The number of carboxylic acid groups (broad SMARTS) is 1. The lowest BCUT2D eigenvalue weighted by molar-refractivity contribution is -0.141. The highest BCUT2D eigenvalue weighted by Crippen LogP contribution is 2.15. The molecule has 0 saturated heterocycles. The van der Waals surface area contributed by atoms with Gasteiger partial charge in [0.05, 0.1) is 11.7 Å². The van der Waals surface area contributed by atoms with Crippen LogP contribution in [0.25, 0.3) is 0 Å². The normalized spacial score (nSPS) is 13.8. The average molecular weight is 239 g/mol. The summed E-state index contributed by atoms with van der Waals surface area (Å²) in [5.74, 6) is -2.35. The van der Waals surface area contributed by atoms with E-state index >= 15 is 0 Å². The van der Waals surface area contributed by atoms with Gasteiger partial charge in [-0.2, -0.15) is 0 Å². The summed E-state index contributed by atoms with van der Waals surface area (Å²) in [6.07, 6.45) is -1.23. The topological polar surface area (TPSA) is 107 Å². The predicted molar refractivity (Wildman–Crippen MR) is 58.7 cm³/mol. The van der Waals surface area contributed by atoms with E-state index in [9.17, 15) is 19.8 Å². The minimum atomic E-state index is -1.41. The second kappa shape index (κ2) is 5.31. The zero-order chi connectivity index (χ0) is 13.0. The fourth-order valence-corrected chi connectivity index (χ4v) is 1.27. The molecule has 17 heavy (non-hydrogen) atoms. The first-order valence-electron chi connectivity index (χ1n) is 4.93. The minimum Gasteiger partial charge on any atom is -0.507 e. The molecule has 0 aliphatic heterocycles. The molecule has 0 fully saturated rings. The van der Waals surface area contributed by atoms with Crippen molar-refractivity contribution in [3.63, 3.8) is 0 Å². The van der Waals surface area contributed by atoms with E-state index in [1.165, 1.54) is 31.2 Å². The smallest absolute Gasteiger partial charge is 0.328 e. The molecule has 6 nitrogen and oxygen atoms in total. The lowest BCUT2D eigenvalue weighted by Crippen LogP contribution is -2.47. The van der Waals surface area contributed by atoms with Gasteiger partial charge in [0.25, 0.3) is 5.91 Å². The third kappa shape index (κ3) is 3.18. The zero-order valence-electron chi connectivity index (χ0n) is 9.12. The Labute approximate surface area is 97.5 Å². The Morgan fingerprint density at radius 2 is 1.88 bits per heavy atom. The van der Waals surface area contributed by atoms with Crippen LogP contribution in [0.3, 0.4) is 0 Å². The number of para-hydroxylation sites is 1. The van der Waals surface area contributed by atoms with E-state index in [2.05, 4.69) is 5.32 Å². The number of rotatable bonds is 4. The lowest BCUT2D eigenvalue weighted by atomic mass is 10.1. The van der Waals surface area contributed by atoms with Gasteiger partial charge in [0.15, 0.2) is 6.04 Å². The maximum absolute atomic E-state index is 11.6. The van der Waals surface area contributed by atoms with Gasteiger partial charge in [-0.3, -0.25) is 4.79 Å². The van der Waals surface area contributed by atoms with Crippen LogP contribution >= 0.6 is 0 Å². The summed E-state index contributed by atoms with van der Waals surface area (Å²) in [6.45, 7) is 1.25. The summed E-state index contributed by atoms with van der Waals surface area (Å²) in [6, 6.07) is 4.32. The van der Waals surface area contributed by atoms with Crippen LogP contribution in [-0.2, 0) is 4.79 Å². The van der Waals surface area contributed by atoms with Gasteiger partial charge in [0.2, 0.25) is 0 Å². The molecule has 0 aliphatic carbocycles. The molecule has 0 spiro atoms. The van der Waals surface area contributed by atoms with Crippen LogP contribution in [0.5, 0.6) is 5.75 Å². The number of carbonyl (C=O) groups excluding carboxylic acids is 1. The number of phenols is 1. The Kier molecular flexibility index (Phi) is 4.06. The van der Waals surface area contributed by atoms with E-state index in [1.807, 2.05) is 0 Å². The van der Waals surface area contributed by atoms with Crippen molar-refractivity contribution in [3.8, 4) is 5.75 Å². The molecule has 1 aromatic carbocycles. The first-order chi connectivity index (χ1) is 7.93. The molecule has 1 aromatic rings. The third-order valence-electron chi connectivity index (χ3n) is 2.18. The Morgan fingerprint density at radius 1 is 1.29 bits per heavy atom. The highest BCUT2D eigenvalue weighted by molar-refractivity contribution is 5.98. The minimum absolute atomic E-state index is 0.0422. The van der Waals surface area contributed by atoms with Crippen molar-refractivity contribution in [1.29, 1.82) is 0 Å². The third-order valence-corrected chi connectivity index (χ3v) is 2.18. The number of carbonyl (C=O) groups is 2. The highest BCUT2D eigenvalue weighted by atomic mass is 16.4. The van der Waals surface area contributed by atoms with Crippen LogP contribution in [0.1, 0.15) is 17.3 Å². The molecule has 6 heteroatoms. The molecule has 4 N–H and O–H groups in total. The van der Waals surface area contributed by atoms with E-state index < -0.39 is 24.0 Å². The number of aliphatic carboxylic acids is 1. The standard InChI is InChI=1S/C11H13NO5/c1-6(13)9(11(16)17)12-10(15)7-4-2-3-5-8(7)14/h2-6,9,13-14H,1H3,(H,12,15)(H,16,17)/t6-,9+/m1/s1. The number of nitrogens with one attached hydrogen (secondary N) is 1. The molecule has 0 aliphatic rings. The fourth-order valence-electron chi connectivity index (χ4n) is 1.27. The molecular formula is C11H13NO5. The summed E-state index contributed by atoms with van der Waals surface area (Å²) in [4.78, 5) is 22.4. The highest BCUT2D eigenvalue weighted by Gasteiger charge is 2.26. The van der Waals surface area contributed by atoms with E-state index in [0.717, 1.165) is 0 Å². The molecule has 0 saturated carbocycles. The molecule has 0 aromatic heterocycles. The Bertz CT molecular complexity index is 430. The van der Waals surface area contributed by atoms with Gasteiger partial charge in [0.1, 0.15) is 5.75 Å². The van der Waals surface area contributed by atoms with Crippen LogP contribution < -0.4 is 5.32 Å². The van der Waals surface area contributed by atoms with Gasteiger partial charge < -0.3 is 20.6 Å². The maximum Gasteiger partial charge on any atom is 0.328 e. The molecule has 0 heterocycles. The number of aliphatic hydroxyl groups is 1. The van der Waals surface area contributed by atoms with Crippen LogP contribution in [0, 0.1) is 0 Å². The Balaban J connectivity index is 2.85. The second-order valence-corrected chi connectivity index (χ2v) is 3.55. The average Bonchev–Trinajstić information content (AvgIpc) is 2.25. The van der Waals surface area contributed by atoms with Crippen molar-refractivity contribution in [2.24, 2.45) is 0 Å².